The summed E-state index contributed by atoms with van der Waals surface area (Å²) in [6.07, 6.45) is 3.72. The molecule has 1 aromatic carbocycles. The number of halogens is 1. The quantitative estimate of drug-likeness (QED) is 0.188. The summed E-state index contributed by atoms with van der Waals surface area (Å²) in [4.78, 5) is 43.1. The summed E-state index contributed by atoms with van der Waals surface area (Å²) >= 11 is 7.01. The zero-order valence-electron chi connectivity index (χ0n) is 25.6. The minimum atomic E-state index is -0.0874. The Labute approximate surface area is 254 Å². The van der Waals surface area contributed by atoms with Crippen LogP contribution in [0.5, 0.6) is 0 Å². The van der Waals surface area contributed by atoms with Crippen molar-refractivity contribution < 1.29 is 14.3 Å². The van der Waals surface area contributed by atoms with Gasteiger partial charge in [0.2, 0.25) is 12.3 Å². The number of ether oxygens (including phenoxy) is 1. The summed E-state index contributed by atoms with van der Waals surface area (Å²) in [7, 11) is 1.74. The number of morpholine rings is 1. The number of para-hydroxylation sites is 1. The number of carbonyl (C=O) groups is 2. The lowest BCUT2D eigenvalue weighted by molar-refractivity contribution is -0.128. The molecule has 2 fully saturated rings. The van der Waals surface area contributed by atoms with E-state index in [9.17, 15) is 9.59 Å². The number of pyridine rings is 1. The van der Waals surface area contributed by atoms with Crippen molar-refractivity contribution in [2.75, 3.05) is 49.6 Å². The summed E-state index contributed by atoms with van der Waals surface area (Å²) in [6, 6.07) is 8.00. The Morgan fingerprint density at radius 1 is 1.14 bits per heavy atom. The van der Waals surface area contributed by atoms with Crippen molar-refractivity contribution >= 4 is 47.1 Å². The van der Waals surface area contributed by atoms with Crippen LogP contribution in [-0.2, 0) is 27.2 Å². The molecule has 2 amide bonds. The summed E-state index contributed by atoms with van der Waals surface area (Å²) in [5, 5.41) is 0.481. The van der Waals surface area contributed by atoms with Crippen LogP contribution in [-0.4, -0.2) is 91.0 Å². The van der Waals surface area contributed by atoms with E-state index in [0.717, 1.165) is 36.1 Å². The Kier molecular flexibility index (Phi) is 10.3. The average Bonchev–Trinajstić information content (AvgIpc) is 2.98. The molecule has 1 aromatic heterocycles. The zero-order valence-corrected chi connectivity index (χ0v) is 26.4. The highest BCUT2D eigenvalue weighted by molar-refractivity contribution is 6.33. The second-order valence-electron chi connectivity index (χ2n) is 11.0. The molecule has 4 rings (SSSR count). The first kappa shape index (κ1) is 31.5. The van der Waals surface area contributed by atoms with E-state index in [1.165, 1.54) is 6.08 Å². The number of piperazine rings is 1. The number of amides is 2. The molecule has 3 unspecified atom stereocenters. The maximum Gasteiger partial charge on any atom is 0.246 e. The van der Waals surface area contributed by atoms with Gasteiger partial charge in [-0.1, -0.05) is 50.2 Å². The van der Waals surface area contributed by atoms with Crippen LogP contribution in [0.3, 0.4) is 0 Å². The van der Waals surface area contributed by atoms with Gasteiger partial charge in [-0.05, 0) is 56.9 Å². The number of rotatable bonds is 8. The summed E-state index contributed by atoms with van der Waals surface area (Å²) in [5.74, 6) is 1.67. The van der Waals surface area contributed by atoms with Crippen molar-refractivity contribution in [2.24, 2.45) is 4.99 Å². The molecule has 9 nitrogen and oxygen atoms in total. The lowest BCUT2D eigenvalue weighted by Crippen LogP contribution is -2.55. The fourth-order valence-electron chi connectivity index (χ4n) is 6.13. The fourth-order valence-corrected chi connectivity index (χ4v) is 6.40. The van der Waals surface area contributed by atoms with Crippen LogP contribution in [0.4, 0.5) is 17.3 Å². The van der Waals surface area contributed by atoms with Crippen LogP contribution >= 0.6 is 11.6 Å². The van der Waals surface area contributed by atoms with E-state index in [0.29, 0.717) is 60.8 Å². The van der Waals surface area contributed by atoms with Crippen LogP contribution in [0.1, 0.15) is 51.3 Å². The van der Waals surface area contributed by atoms with Gasteiger partial charge in [0.1, 0.15) is 11.7 Å². The molecule has 0 spiro atoms. The van der Waals surface area contributed by atoms with Gasteiger partial charge in [-0.3, -0.25) is 19.5 Å². The normalized spacial score (nSPS) is 21.4. The van der Waals surface area contributed by atoms with E-state index < -0.39 is 0 Å². The first-order valence-electron chi connectivity index (χ1n) is 14.8. The van der Waals surface area contributed by atoms with Crippen molar-refractivity contribution in [3.05, 3.63) is 58.6 Å². The third-order valence-corrected chi connectivity index (χ3v) is 8.31. The first-order chi connectivity index (χ1) is 20.2. The van der Waals surface area contributed by atoms with Gasteiger partial charge in [-0.25, -0.2) is 4.98 Å². The lowest BCUT2D eigenvalue weighted by atomic mass is 10.0. The number of aryl methyl sites for hydroxylation is 2. The highest BCUT2D eigenvalue weighted by atomic mass is 35.5. The summed E-state index contributed by atoms with van der Waals surface area (Å²) < 4.78 is 5.97. The molecule has 226 valence electrons. The van der Waals surface area contributed by atoms with Crippen molar-refractivity contribution in [3.8, 4) is 0 Å². The number of nitrogens with zero attached hydrogens (tertiary/aromatic N) is 6. The molecule has 42 heavy (non-hydrogen) atoms. The second kappa shape index (κ2) is 13.7. The van der Waals surface area contributed by atoms with E-state index in [-0.39, 0.29) is 24.2 Å². The number of hydrogen-bond donors (Lipinski definition) is 0. The molecule has 2 aliphatic heterocycles. The Hall–Kier alpha value is -3.43. The second-order valence-corrected chi connectivity index (χ2v) is 11.4. The molecule has 0 aliphatic carbocycles. The van der Waals surface area contributed by atoms with E-state index in [4.69, 9.17) is 26.3 Å². The molecule has 2 saturated heterocycles. The van der Waals surface area contributed by atoms with E-state index in [2.05, 4.69) is 49.3 Å². The maximum atomic E-state index is 13.1. The average molecular weight is 595 g/mol. The topological polar surface area (TPSA) is 81.6 Å². The molecular weight excluding hydrogens is 552 g/mol. The monoisotopic (exact) mass is 594 g/mol. The number of carbonyl (C=O) groups excluding carboxylic acids is 2. The molecule has 0 N–H and O–H groups in total. The van der Waals surface area contributed by atoms with Gasteiger partial charge in [-0.15, -0.1) is 0 Å². The summed E-state index contributed by atoms with van der Waals surface area (Å²) in [5.41, 5.74) is 3.61. The van der Waals surface area contributed by atoms with E-state index >= 15 is 0 Å². The van der Waals surface area contributed by atoms with Gasteiger partial charge in [0, 0.05) is 45.8 Å². The summed E-state index contributed by atoms with van der Waals surface area (Å²) in [6.45, 7) is 16.8. The molecule has 2 aromatic rings. The molecular formula is C32H43ClN6O3. The molecule has 0 radical (unpaired) electrons. The van der Waals surface area contributed by atoms with Crippen LogP contribution in [0.2, 0.25) is 5.02 Å². The Balaban J connectivity index is 1.90. The van der Waals surface area contributed by atoms with Gasteiger partial charge < -0.3 is 19.4 Å². The molecule has 3 heterocycles. The van der Waals surface area contributed by atoms with Gasteiger partial charge in [0.15, 0.2) is 5.82 Å². The van der Waals surface area contributed by atoms with Crippen LogP contribution in [0.15, 0.2) is 41.9 Å². The molecule has 0 saturated carbocycles. The highest BCUT2D eigenvalue weighted by Gasteiger charge is 2.33. The van der Waals surface area contributed by atoms with Crippen LogP contribution in [0, 0.1) is 0 Å². The number of hydrogen-bond acceptors (Lipinski definition) is 6. The van der Waals surface area contributed by atoms with Crippen molar-refractivity contribution in [2.45, 2.75) is 65.7 Å². The number of aliphatic imine (C=N–C) groups is 1. The Morgan fingerprint density at radius 2 is 1.79 bits per heavy atom. The SMILES string of the molecule is C=CC(=O)N1CCN(C(=NC)c2cc(Cl)c(N3CC(C)OC(C)C3)nc2N(C=O)c2c(CC)cccc2CC)C(C)C1. The molecule has 2 aliphatic rings. The lowest BCUT2D eigenvalue weighted by Gasteiger charge is -2.42. The van der Waals surface area contributed by atoms with Gasteiger partial charge in [0.25, 0.3) is 0 Å². The van der Waals surface area contributed by atoms with Crippen molar-refractivity contribution in [3.63, 3.8) is 0 Å². The van der Waals surface area contributed by atoms with Gasteiger partial charge >= 0.3 is 0 Å². The minimum Gasteiger partial charge on any atom is -0.372 e. The van der Waals surface area contributed by atoms with Gasteiger partial charge in [-0.2, -0.15) is 0 Å². The standard InChI is InChI=1S/C32H43ClN6O3/c1-8-24-12-11-13-25(9-2)29(24)39(20-40)31-26(16-27(33)32(35-31)37-18-22(5)42-23(6)19-37)30(34-7)38-15-14-36(17-21(38)4)28(41)10-3/h10-13,16,20-23H,3,8-9,14-15,17-19H2,1-2,4-7H3. The Bertz CT molecular complexity index is 1320. The highest BCUT2D eigenvalue weighted by Crippen LogP contribution is 2.38. The van der Waals surface area contributed by atoms with Crippen molar-refractivity contribution in [1.29, 1.82) is 0 Å². The fraction of sp³-hybridized carbons (Fsp3) is 0.500. The number of aromatic nitrogens is 1. The Morgan fingerprint density at radius 3 is 2.31 bits per heavy atom. The largest absolute Gasteiger partial charge is 0.372 e. The predicted octanol–water partition coefficient (Wildman–Crippen LogP) is 4.86. The first-order valence-corrected chi connectivity index (χ1v) is 15.2. The number of benzene rings is 1. The number of amidine groups is 1. The van der Waals surface area contributed by atoms with E-state index in [1.807, 2.05) is 26.0 Å². The molecule has 3 atom stereocenters. The zero-order chi connectivity index (χ0) is 30.6. The molecule has 0 bridgehead atoms. The third-order valence-electron chi connectivity index (χ3n) is 8.03. The number of anilines is 3. The smallest absolute Gasteiger partial charge is 0.246 e. The van der Waals surface area contributed by atoms with E-state index in [1.54, 1.807) is 16.8 Å². The van der Waals surface area contributed by atoms with Crippen LogP contribution < -0.4 is 9.80 Å². The predicted molar refractivity (Wildman–Crippen MR) is 170 cm³/mol. The van der Waals surface area contributed by atoms with Crippen LogP contribution in [0.25, 0.3) is 0 Å². The van der Waals surface area contributed by atoms with Crippen molar-refractivity contribution in [1.82, 2.24) is 14.8 Å². The minimum absolute atomic E-state index is 0.00705. The molecule has 10 heteroatoms. The van der Waals surface area contributed by atoms with Gasteiger partial charge in [0.05, 0.1) is 28.5 Å². The maximum absolute atomic E-state index is 13.1. The third kappa shape index (κ3) is 6.32.